The van der Waals surface area contributed by atoms with E-state index in [2.05, 4.69) is 4.99 Å². The molecule has 0 aliphatic carbocycles. The average molecular weight is 488 g/mol. The molecule has 7 heteroatoms. The van der Waals surface area contributed by atoms with E-state index in [4.69, 9.17) is 4.74 Å². The van der Waals surface area contributed by atoms with E-state index in [-0.39, 0.29) is 11.5 Å². The van der Waals surface area contributed by atoms with Gasteiger partial charge in [0.15, 0.2) is 0 Å². The van der Waals surface area contributed by atoms with E-state index in [9.17, 15) is 22.0 Å². The first-order chi connectivity index (χ1) is 16.6. The molecule has 0 saturated heterocycles. The fourth-order valence-corrected chi connectivity index (χ4v) is 3.69. The van der Waals surface area contributed by atoms with E-state index >= 15 is 0 Å². The minimum absolute atomic E-state index is 0.0840. The number of halogens is 5. The Morgan fingerprint density at radius 1 is 0.857 bits per heavy atom. The Balaban J connectivity index is 0.000000795. The molecule has 3 aromatic rings. The van der Waals surface area contributed by atoms with Crippen molar-refractivity contribution in [2.24, 2.45) is 4.99 Å². The summed E-state index contributed by atoms with van der Waals surface area (Å²) < 4.78 is 72.2. The van der Waals surface area contributed by atoms with Crippen molar-refractivity contribution in [3.05, 3.63) is 107 Å². The molecule has 0 bridgehead atoms. The van der Waals surface area contributed by atoms with Crippen LogP contribution in [0.4, 0.5) is 22.0 Å². The third-order valence-electron chi connectivity index (χ3n) is 5.64. The number of allylic oxidation sites excluding steroid dienone is 2. The Kier molecular flexibility index (Phi) is 8.10. The molecule has 0 aromatic heterocycles. The second kappa shape index (κ2) is 10.8. The fraction of sp³-hybridized carbons (Fsp3) is 0.250. The predicted molar refractivity (Wildman–Crippen MR) is 128 cm³/mol. The van der Waals surface area contributed by atoms with Crippen LogP contribution in [0.3, 0.4) is 0 Å². The van der Waals surface area contributed by atoms with Crippen LogP contribution in [-0.2, 0) is 10.9 Å². The molecule has 2 atom stereocenters. The Morgan fingerprint density at radius 2 is 1.43 bits per heavy atom. The molecule has 0 spiro atoms. The maximum Gasteiger partial charge on any atom is 0.416 e. The van der Waals surface area contributed by atoms with Gasteiger partial charge in [0, 0.05) is 0 Å². The monoisotopic (exact) mass is 487 g/mol. The summed E-state index contributed by atoms with van der Waals surface area (Å²) in [6.45, 7) is 7.62. The lowest BCUT2D eigenvalue weighted by Crippen LogP contribution is -2.14. The zero-order chi connectivity index (χ0) is 25.8. The topological polar surface area (TPSA) is 21.6 Å². The Bertz CT molecular complexity index is 1200. The lowest BCUT2D eigenvalue weighted by molar-refractivity contribution is -0.137. The SMILES string of the molecule is C/C=C\C.Cc1cc(-c2ccc(C(F)(F)F)cc2)ccc1[C@@H]1N=C(c2c(F)cccc2F)O[C@H]1C. The molecule has 3 aromatic carbocycles. The number of aryl methyl sites for hydroxylation is 1. The van der Waals surface area contributed by atoms with Gasteiger partial charge >= 0.3 is 6.18 Å². The molecule has 35 heavy (non-hydrogen) atoms. The van der Waals surface area contributed by atoms with Crippen molar-refractivity contribution in [3.8, 4) is 11.1 Å². The summed E-state index contributed by atoms with van der Waals surface area (Å²) >= 11 is 0. The molecular weight excluding hydrogens is 461 g/mol. The molecule has 184 valence electrons. The summed E-state index contributed by atoms with van der Waals surface area (Å²) in [5.41, 5.74) is 2.06. The first kappa shape index (κ1) is 26.1. The zero-order valence-corrected chi connectivity index (χ0v) is 19.8. The van der Waals surface area contributed by atoms with Gasteiger partial charge in [-0.25, -0.2) is 13.8 Å². The van der Waals surface area contributed by atoms with Crippen LogP contribution < -0.4 is 0 Å². The van der Waals surface area contributed by atoms with Crippen LogP contribution in [0.15, 0.2) is 77.8 Å². The number of rotatable bonds is 3. The predicted octanol–water partition coefficient (Wildman–Crippen LogP) is 8.45. The number of hydrogen-bond acceptors (Lipinski definition) is 2. The third-order valence-corrected chi connectivity index (χ3v) is 5.64. The minimum Gasteiger partial charge on any atom is -0.472 e. The van der Waals surface area contributed by atoms with E-state index in [1.165, 1.54) is 18.2 Å². The highest BCUT2D eigenvalue weighted by Gasteiger charge is 2.33. The van der Waals surface area contributed by atoms with Crippen LogP contribution in [0, 0.1) is 18.6 Å². The summed E-state index contributed by atoms with van der Waals surface area (Å²) in [5.74, 6) is -1.58. The molecule has 2 nitrogen and oxygen atoms in total. The highest BCUT2D eigenvalue weighted by atomic mass is 19.4. The summed E-state index contributed by atoms with van der Waals surface area (Å²) in [5, 5.41) is 0. The van der Waals surface area contributed by atoms with Gasteiger partial charge in [-0.05, 0) is 74.2 Å². The van der Waals surface area contributed by atoms with Crippen molar-refractivity contribution in [1.82, 2.24) is 0 Å². The molecule has 4 rings (SSSR count). The molecule has 0 saturated carbocycles. The number of aliphatic imine (C=N–C) groups is 1. The second-order valence-electron chi connectivity index (χ2n) is 8.11. The van der Waals surface area contributed by atoms with Gasteiger partial charge in [-0.2, -0.15) is 13.2 Å². The molecule has 0 N–H and O–H groups in total. The van der Waals surface area contributed by atoms with E-state index in [1.807, 2.05) is 45.1 Å². The number of benzene rings is 3. The number of ether oxygens (including phenoxy) is 1. The third kappa shape index (κ3) is 5.96. The smallest absolute Gasteiger partial charge is 0.416 e. The summed E-state index contributed by atoms with van der Waals surface area (Å²) in [7, 11) is 0. The van der Waals surface area contributed by atoms with Gasteiger partial charge in [0.2, 0.25) is 5.90 Å². The van der Waals surface area contributed by atoms with Crippen molar-refractivity contribution in [1.29, 1.82) is 0 Å². The summed E-state index contributed by atoms with van der Waals surface area (Å²) in [4.78, 5) is 4.42. The minimum atomic E-state index is -4.38. The molecule has 0 amide bonds. The van der Waals surface area contributed by atoms with Crippen LogP contribution >= 0.6 is 0 Å². The van der Waals surface area contributed by atoms with Crippen LogP contribution in [0.25, 0.3) is 11.1 Å². The van der Waals surface area contributed by atoms with Crippen LogP contribution in [-0.4, -0.2) is 12.0 Å². The quantitative estimate of drug-likeness (QED) is 0.268. The zero-order valence-electron chi connectivity index (χ0n) is 19.8. The number of alkyl halides is 3. The number of hydrogen-bond donors (Lipinski definition) is 0. The van der Waals surface area contributed by atoms with Crippen molar-refractivity contribution < 1.29 is 26.7 Å². The fourth-order valence-electron chi connectivity index (χ4n) is 3.69. The molecule has 1 heterocycles. The van der Waals surface area contributed by atoms with Gasteiger partial charge in [-0.15, -0.1) is 0 Å². The van der Waals surface area contributed by atoms with E-state index in [0.717, 1.165) is 41.0 Å². The Hall–Kier alpha value is -3.48. The maximum absolute atomic E-state index is 14.1. The molecule has 1 aliphatic rings. The van der Waals surface area contributed by atoms with Crippen molar-refractivity contribution in [2.45, 2.75) is 46.0 Å². The molecular formula is C28H26F5NO. The van der Waals surface area contributed by atoms with Gasteiger partial charge < -0.3 is 4.74 Å². The molecule has 0 radical (unpaired) electrons. The van der Waals surface area contributed by atoms with Crippen molar-refractivity contribution in [3.63, 3.8) is 0 Å². The maximum atomic E-state index is 14.1. The van der Waals surface area contributed by atoms with Gasteiger partial charge in [-0.3, -0.25) is 0 Å². The summed E-state index contributed by atoms with van der Waals surface area (Å²) in [6.07, 6.45) is -0.825. The second-order valence-corrected chi connectivity index (χ2v) is 8.11. The van der Waals surface area contributed by atoms with Gasteiger partial charge in [0.1, 0.15) is 29.3 Å². The lowest BCUT2D eigenvalue weighted by Gasteiger charge is -2.16. The first-order valence-corrected chi connectivity index (χ1v) is 11.1. The lowest BCUT2D eigenvalue weighted by atomic mass is 9.94. The van der Waals surface area contributed by atoms with Crippen molar-refractivity contribution in [2.75, 3.05) is 0 Å². The first-order valence-electron chi connectivity index (χ1n) is 11.1. The van der Waals surface area contributed by atoms with Gasteiger partial charge in [0.05, 0.1) is 5.56 Å². The Morgan fingerprint density at radius 3 is 1.94 bits per heavy atom. The van der Waals surface area contributed by atoms with Crippen LogP contribution in [0.2, 0.25) is 0 Å². The van der Waals surface area contributed by atoms with E-state index in [0.29, 0.717) is 5.56 Å². The highest BCUT2D eigenvalue weighted by Crippen LogP contribution is 2.36. The van der Waals surface area contributed by atoms with E-state index in [1.54, 1.807) is 13.0 Å². The number of nitrogens with zero attached hydrogens (tertiary/aromatic N) is 1. The average Bonchev–Trinajstić information content (AvgIpc) is 3.19. The molecule has 1 aliphatic heterocycles. The van der Waals surface area contributed by atoms with Gasteiger partial charge in [0.25, 0.3) is 0 Å². The highest BCUT2D eigenvalue weighted by molar-refractivity contribution is 5.96. The van der Waals surface area contributed by atoms with Crippen molar-refractivity contribution >= 4 is 5.90 Å². The van der Waals surface area contributed by atoms with Crippen LogP contribution in [0.1, 0.15) is 49.1 Å². The largest absolute Gasteiger partial charge is 0.472 e. The summed E-state index contributed by atoms with van der Waals surface area (Å²) in [6, 6.07) is 13.5. The van der Waals surface area contributed by atoms with E-state index < -0.39 is 35.5 Å². The normalized spacial score (nSPS) is 17.6. The van der Waals surface area contributed by atoms with Gasteiger partial charge in [-0.1, -0.05) is 48.6 Å². The standard InChI is InChI=1S/C24H18F5NO.C4H8/c1-13-12-16(15-6-9-17(10-7-15)24(27,28)29)8-11-18(13)22-14(2)31-23(30-22)21-19(25)4-3-5-20(21)26;1-3-4-2/h3-12,14,22H,1-2H3;3-4H,1-2H3/b;4-3-/t14-,22+;/m0./s1. The molecule has 0 unspecified atom stereocenters. The van der Waals surface area contributed by atoms with Crippen LogP contribution in [0.5, 0.6) is 0 Å². The molecule has 0 fully saturated rings. The Labute approximate surface area is 201 Å².